The number of nitrogens with one attached hydrogen (secondary N) is 1. The number of halogens is 2. The summed E-state index contributed by atoms with van der Waals surface area (Å²) in [4.78, 5) is 27.2. The Balaban J connectivity index is 2.17. The number of carboxylic acids is 1. The number of nitrogens with zero attached hydrogens (tertiary/aromatic N) is 1. The monoisotopic (exact) mass is 330 g/mol. The third-order valence-electron chi connectivity index (χ3n) is 3.74. The summed E-state index contributed by atoms with van der Waals surface area (Å²) in [5.41, 5.74) is -0.410. The van der Waals surface area contributed by atoms with Gasteiger partial charge >= 0.3 is 5.97 Å². The van der Waals surface area contributed by atoms with Crippen molar-refractivity contribution in [1.82, 2.24) is 10.3 Å². The Labute approximate surface area is 132 Å². The van der Waals surface area contributed by atoms with Gasteiger partial charge in [0.05, 0.1) is 22.5 Å². The highest BCUT2D eigenvalue weighted by Crippen LogP contribution is 2.31. The van der Waals surface area contributed by atoms with Gasteiger partial charge in [0, 0.05) is 6.20 Å². The van der Waals surface area contributed by atoms with Crippen LogP contribution >= 0.6 is 23.2 Å². The molecule has 1 saturated carbocycles. The van der Waals surface area contributed by atoms with Gasteiger partial charge < -0.3 is 10.4 Å². The molecule has 7 heteroatoms. The van der Waals surface area contributed by atoms with Crippen molar-refractivity contribution in [2.75, 3.05) is 0 Å². The number of hydrogen-bond acceptors (Lipinski definition) is 3. The summed E-state index contributed by atoms with van der Waals surface area (Å²) >= 11 is 11.6. The smallest absolute Gasteiger partial charge is 0.305 e. The first-order valence-corrected chi connectivity index (χ1v) is 7.53. The zero-order valence-corrected chi connectivity index (χ0v) is 12.9. The van der Waals surface area contributed by atoms with Crippen molar-refractivity contribution >= 4 is 35.1 Å². The van der Waals surface area contributed by atoms with Gasteiger partial charge in [0.25, 0.3) is 5.91 Å². The quantitative estimate of drug-likeness (QED) is 0.830. The number of rotatable bonds is 4. The van der Waals surface area contributed by atoms with Crippen LogP contribution in [0.4, 0.5) is 0 Å². The number of carboxylic acid groups (broad SMARTS) is 1. The van der Waals surface area contributed by atoms with Gasteiger partial charge in [0.1, 0.15) is 5.15 Å². The molecule has 1 amide bonds. The number of aliphatic carboxylic acids is 1. The highest BCUT2D eigenvalue weighted by atomic mass is 35.5. The van der Waals surface area contributed by atoms with Gasteiger partial charge in [-0.3, -0.25) is 9.59 Å². The predicted molar refractivity (Wildman–Crippen MR) is 79.8 cm³/mol. The summed E-state index contributed by atoms with van der Waals surface area (Å²) < 4.78 is 0. The average molecular weight is 331 g/mol. The minimum absolute atomic E-state index is 0.0759. The summed E-state index contributed by atoms with van der Waals surface area (Å²) in [5, 5.41) is 12.3. The van der Waals surface area contributed by atoms with Crippen LogP contribution in [-0.4, -0.2) is 27.5 Å². The van der Waals surface area contributed by atoms with Crippen LogP contribution in [0.15, 0.2) is 12.3 Å². The second kappa shape index (κ2) is 6.62. The third kappa shape index (κ3) is 4.08. The van der Waals surface area contributed by atoms with Gasteiger partial charge in [0.2, 0.25) is 0 Å². The Morgan fingerprint density at radius 3 is 2.52 bits per heavy atom. The number of aromatic nitrogens is 1. The molecule has 0 unspecified atom stereocenters. The van der Waals surface area contributed by atoms with Gasteiger partial charge in [-0.25, -0.2) is 4.98 Å². The summed E-state index contributed by atoms with van der Waals surface area (Å²) in [6, 6.07) is 1.43. The molecule has 0 bridgehead atoms. The van der Waals surface area contributed by atoms with Gasteiger partial charge in [-0.05, 0) is 18.9 Å². The Hall–Kier alpha value is -1.33. The van der Waals surface area contributed by atoms with E-state index in [1.165, 1.54) is 12.3 Å². The van der Waals surface area contributed by atoms with Crippen molar-refractivity contribution in [3.05, 3.63) is 28.0 Å². The fourth-order valence-electron chi connectivity index (χ4n) is 2.72. The van der Waals surface area contributed by atoms with Crippen LogP contribution in [0.3, 0.4) is 0 Å². The predicted octanol–water partition coefficient (Wildman–Crippen LogP) is 3.30. The van der Waals surface area contributed by atoms with E-state index in [0.717, 1.165) is 19.3 Å². The van der Waals surface area contributed by atoms with Crippen molar-refractivity contribution in [2.45, 2.75) is 44.1 Å². The molecule has 2 rings (SSSR count). The first-order valence-electron chi connectivity index (χ1n) is 6.77. The molecule has 5 nitrogen and oxygen atoms in total. The molecule has 1 fully saturated rings. The second-order valence-electron chi connectivity index (χ2n) is 5.36. The third-order valence-corrected chi connectivity index (χ3v) is 4.42. The van der Waals surface area contributed by atoms with Crippen LogP contribution in [0.25, 0.3) is 0 Å². The van der Waals surface area contributed by atoms with Gasteiger partial charge in [-0.2, -0.15) is 0 Å². The highest BCUT2D eigenvalue weighted by Gasteiger charge is 2.36. The molecule has 2 N–H and O–H groups in total. The number of hydrogen-bond donors (Lipinski definition) is 2. The molecule has 0 aromatic carbocycles. The Bertz CT molecular complexity index is 557. The molecule has 1 heterocycles. The molecule has 1 aliphatic rings. The topological polar surface area (TPSA) is 79.3 Å². The van der Waals surface area contributed by atoms with E-state index in [-0.39, 0.29) is 28.1 Å². The Morgan fingerprint density at radius 1 is 1.29 bits per heavy atom. The van der Waals surface area contributed by atoms with Gasteiger partial charge in [-0.1, -0.05) is 42.5 Å². The van der Waals surface area contributed by atoms with E-state index in [0.29, 0.717) is 12.8 Å². The van der Waals surface area contributed by atoms with E-state index >= 15 is 0 Å². The first-order chi connectivity index (χ1) is 9.92. The zero-order chi connectivity index (χ0) is 15.5. The van der Waals surface area contributed by atoms with Gasteiger partial charge in [0.15, 0.2) is 0 Å². The number of amides is 1. The largest absolute Gasteiger partial charge is 0.481 e. The molecular weight excluding hydrogens is 315 g/mol. The number of carbonyl (C=O) groups excluding carboxylic acids is 1. The van der Waals surface area contributed by atoms with Crippen LogP contribution in [0.5, 0.6) is 0 Å². The van der Waals surface area contributed by atoms with Crippen molar-refractivity contribution in [3.63, 3.8) is 0 Å². The van der Waals surface area contributed by atoms with E-state index in [1.807, 2.05) is 0 Å². The maximum atomic E-state index is 12.3. The van der Waals surface area contributed by atoms with Crippen molar-refractivity contribution in [1.29, 1.82) is 0 Å². The summed E-state index contributed by atoms with van der Waals surface area (Å²) in [7, 11) is 0. The lowest BCUT2D eigenvalue weighted by molar-refractivity contribution is -0.139. The van der Waals surface area contributed by atoms with Gasteiger partial charge in [-0.15, -0.1) is 0 Å². The second-order valence-corrected chi connectivity index (χ2v) is 6.13. The van der Waals surface area contributed by atoms with Crippen LogP contribution in [0.1, 0.15) is 48.9 Å². The lowest BCUT2D eigenvalue weighted by Crippen LogP contribution is -2.51. The minimum Gasteiger partial charge on any atom is -0.481 e. The minimum atomic E-state index is -0.913. The maximum Gasteiger partial charge on any atom is 0.305 e. The number of pyridine rings is 1. The maximum absolute atomic E-state index is 12.3. The van der Waals surface area contributed by atoms with Crippen molar-refractivity contribution in [2.24, 2.45) is 0 Å². The average Bonchev–Trinajstić information content (AvgIpc) is 2.41. The standard InChI is InChI=1S/C14H16Cl2N2O3/c15-10-6-9(8-17-12(10)16)13(21)18-14(7-11(19)20)4-2-1-3-5-14/h6,8H,1-5,7H2,(H,18,21)(H,19,20). The van der Waals surface area contributed by atoms with E-state index in [4.69, 9.17) is 28.3 Å². The zero-order valence-electron chi connectivity index (χ0n) is 11.4. The molecule has 1 aromatic heterocycles. The molecule has 21 heavy (non-hydrogen) atoms. The molecule has 0 spiro atoms. The SMILES string of the molecule is O=C(O)CC1(NC(=O)c2cnc(Cl)c(Cl)c2)CCCCC1. The van der Waals surface area contributed by atoms with E-state index in [1.54, 1.807) is 0 Å². The lowest BCUT2D eigenvalue weighted by Gasteiger charge is -2.37. The molecule has 1 aromatic rings. The van der Waals surface area contributed by atoms with Crippen LogP contribution in [-0.2, 0) is 4.79 Å². The fourth-order valence-corrected chi connectivity index (χ4v) is 2.99. The molecule has 0 atom stereocenters. The van der Waals surface area contributed by atoms with E-state index < -0.39 is 11.5 Å². The van der Waals surface area contributed by atoms with Crippen LogP contribution in [0.2, 0.25) is 10.2 Å². The Kier molecular flexibility index (Phi) is 5.06. The number of carbonyl (C=O) groups is 2. The molecule has 0 saturated heterocycles. The molecular formula is C14H16Cl2N2O3. The molecule has 114 valence electrons. The van der Waals surface area contributed by atoms with Crippen LogP contribution in [0, 0.1) is 0 Å². The molecule has 1 aliphatic carbocycles. The summed E-state index contributed by atoms with van der Waals surface area (Å²) in [6.07, 6.45) is 5.47. The fraction of sp³-hybridized carbons (Fsp3) is 0.500. The highest BCUT2D eigenvalue weighted by molar-refractivity contribution is 6.41. The Morgan fingerprint density at radius 2 is 1.95 bits per heavy atom. The normalized spacial score (nSPS) is 17.2. The van der Waals surface area contributed by atoms with E-state index in [9.17, 15) is 9.59 Å². The van der Waals surface area contributed by atoms with Crippen molar-refractivity contribution < 1.29 is 14.7 Å². The lowest BCUT2D eigenvalue weighted by atomic mass is 9.79. The van der Waals surface area contributed by atoms with Crippen LogP contribution < -0.4 is 5.32 Å². The van der Waals surface area contributed by atoms with Crippen molar-refractivity contribution in [3.8, 4) is 0 Å². The molecule has 0 radical (unpaired) electrons. The first kappa shape index (κ1) is 16.0. The summed E-state index contributed by atoms with van der Waals surface area (Å²) in [6.45, 7) is 0. The van der Waals surface area contributed by atoms with E-state index in [2.05, 4.69) is 10.3 Å². The molecule has 0 aliphatic heterocycles. The summed E-state index contributed by atoms with van der Waals surface area (Å²) in [5.74, 6) is -1.28.